The lowest BCUT2D eigenvalue weighted by Gasteiger charge is -2.09. The summed E-state index contributed by atoms with van der Waals surface area (Å²) >= 11 is 0. The molecule has 2 atom stereocenters. The van der Waals surface area contributed by atoms with Crippen molar-refractivity contribution < 1.29 is 42.7 Å². The van der Waals surface area contributed by atoms with Gasteiger partial charge in [-0.15, -0.1) is 0 Å². The Hall–Kier alpha value is -2.94. The molecule has 0 spiro atoms. The first-order chi connectivity index (χ1) is 18.7. The number of rotatable bonds is 22. The summed E-state index contributed by atoms with van der Waals surface area (Å²) in [4.78, 5) is 23.0. The van der Waals surface area contributed by atoms with Gasteiger partial charge < -0.3 is 33.2 Å². The predicted molar refractivity (Wildman–Crippen MR) is 151 cm³/mol. The number of ether oxygens (including phenoxy) is 7. The molecule has 0 bridgehead atoms. The van der Waals surface area contributed by atoms with Crippen LogP contribution in [-0.2, 0) is 33.2 Å². The Balaban J connectivity index is 3.57. The fraction of sp³-hybridized carbons (Fsp3) is 0.667. The number of hydrogen-bond donors (Lipinski definition) is 0. The summed E-state index contributed by atoms with van der Waals surface area (Å²) in [5, 5.41) is 0. The summed E-state index contributed by atoms with van der Waals surface area (Å²) in [6, 6.07) is 0. The number of carbonyl (C=O) groups is 2. The van der Waals surface area contributed by atoms with Gasteiger partial charge in [-0.2, -0.15) is 0 Å². The first kappa shape index (κ1) is 36.1. The van der Waals surface area contributed by atoms with E-state index >= 15 is 0 Å². The maximum absolute atomic E-state index is 11.5. The average Bonchev–Trinajstić information content (AvgIpc) is 2.87. The molecule has 0 heterocycles. The SMILES string of the molecule is CC(C)=CCCC(C)CCOC=COC(=O)OCCOCCOC(=O)OC=COCCC(C)CCC=C(C)C. The van der Waals surface area contributed by atoms with E-state index < -0.39 is 12.3 Å². The summed E-state index contributed by atoms with van der Waals surface area (Å²) in [5.74, 6) is 1.11. The highest BCUT2D eigenvalue weighted by Crippen LogP contribution is 2.12. The highest BCUT2D eigenvalue weighted by molar-refractivity contribution is 5.60. The minimum absolute atomic E-state index is 0.00515. The van der Waals surface area contributed by atoms with Crippen LogP contribution in [-0.4, -0.2) is 52.0 Å². The molecule has 0 N–H and O–H groups in total. The summed E-state index contributed by atoms with van der Waals surface area (Å²) in [5.41, 5.74) is 2.67. The molecule has 0 aliphatic rings. The third-order valence-electron chi connectivity index (χ3n) is 5.41. The van der Waals surface area contributed by atoms with Gasteiger partial charge in [0.2, 0.25) is 0 Å². The van der Waals surface area contributed by atoms with Crippen LogP contribution in [0.1, 0.15) is 80.1 Å². The van der Waals surface area contributed by atoms with Crippen LogP contribution >= 0.6 is 0 Å². The molecule has 0 aromatic carbocycles. The number of allylic oxidation sites excluding steroid dienone is 4. The topological polar surface area (TPSA) is 98.8 Å². The van der Waals surface area contributed by atoms with E-state index in [0.29, 0.717) is 25.0 Å². The molecule has 224 valence electrons. The van der Waals surface area contributed by atoms with Crippen molar-refractivity contribution in [2.75, 3.05) is 39.6 Å². The van der Waals surface area contributed by atoms with Gasteiger partial charge in [-0.25, -0.2) is 9.59 Å². The number of hydrogen-bond acceptors (Lipinski definition) is 9. The molecule has 0 amide bonds. The average molecular weight is 555 g/mol. The third kappa shape index (κ3) is 27.9. The van der Waals surface area contributed by atoms with Crippen molar-refractivity contribution in [2.24, 2.45) is 11.8 Å². The van der Waals surface area contributed by atoms with Crippen molar-refractivity contribution in [2.45, 2.75) is 80.1 Å². The van der Waals surface area contributed by atoms with E-state index in [2.05, 4.69) is 53.7 Å². The Morgan fingerprint density at radius 1 is 0.564 bits per heavy atom. The van der Waals surface area contributed by atoms with Gasteiger partial charge in [-0.1, -0.05) is 37.1 Å². The largest absolute Gasteiger partial charge is 0.513 e. The van der Waals surface area contributed by atoms with Crippen molar-refractivity contribution in [3.63, 3.8) is 0 Å². The molecule has 0 aromatic heterocycles. The molecule has 39 heavy (non-hydrogen) atoms. The minimum Gasteiger partial charge on any atom is -0.498 e. The molecule has 9 nitrogen and oxygen atoms in total. The highest BCUT2D eigenvalue weighted by atomic mass is 16.7. The Morgan fingerprint density at radius 3 is 1.36 bits per heavy atom. The summed E-state index contributed by atoms with van der Waals surface area (Å²) in [7, 11) is 0. The lowest BCUT2D eigenvalue weighted by molar-refractivity contribution is 0.0193. The van der Waals surface area contributed by atoms with Gasteiger partial charge in [0, 0.05) is 0 Å². The lowest BCUT2D eigenvalue weighted by Crippen LogP contribution is -2.14. The van der Waals surface area contributed by atoms with Crippen LogP contribution < -0.4 is 0 Å². The molecule has 9 heteroatoms. The van der Waals surface area contributed by atoms with Gasteiger partial charge in [0.1, 0.15) is 38.3 Å². The van der Waals surface area contributed by atoms with Gasteiger partial charge in [0.05, 0.1) is 26.4 Å². The number of carbonyl (C=O) groups excluding carboxylic acids is 2. The Bertz CT molecular complexity index is 686. The van der Waals surface area contributed by atoms with Crippen LogP contribution in [0.4, 0.5) is 9.59 Å². The quantitative estimate of drug-likeness (QED) is 0.0573. The minimum atomic E-state index is -0.861. The van der Waals surface area contributed by atoms with Crippen molar-refractivity contribution in [3.8, 4) is 0 Å². The Morgan fingerprint density at radius 2 is 0.974 bits per heavy atom. The van der Waals surface area contributed by atoms with Gasteiger partial charge in [0.25, 0.3) is 0 Å². The first-order valence-corrected chi connectivity index (χ1v) is 13.7. The molecular formula is C30H50O9. The van der Waals surface area contributed by atoms with Gasteiger partial charge in [-0.05, 0) is 78.1 Å². The normalized spacial score (nSPS) is 12.5. The van der Waals surface area contributed by atoms with E-state index in [9.17, 15) is 9.59 Å². The molecule has 0 saturated carbocycles. The smallest absolute Gasteiger partial charge is 0.498 e. The monoisotopic (exact) mass is 554 g/mol. The van der Waals surface area contributed by atoms with Crippen molar-refractivity contribution in [1.29, 1.82) is 0 Å². The van der Waals surface area contributed by atoms with Crippen LogP contribution in [0.2, 0.25) is 0 Å². The first-order valence-electron chi connectivity index (χ1n) is 13.7. The van der Waals surface area contributed by atoms with Crippen molar-refractivity contribution >= 4 is 12.3 Å². The summed E-state index contributed by atoms with van der Waals surface area (Å²) < 4.78 is 35.1. The van der Waals surface area contributed by atoms with E-state index in [1.54, 1.807) is 0 Å². The maximum Gasteiger partial charge on any atom is 0.513 e. The fourth-order valence-electron chi connectivity index (χ4n) is 3.06. The molecule has 0 aromatic rings. The van der Waals surface area contributed by atoms with Gasteiger partial charge >= 0.3 is 12.3 Å². The van der Waals surface area contributed by atoms with Crippen molar-refractivity contribution in [3.05, 3.63) is 48.3 Å². The van der Waals surface area contributed by atoms with E-state index in [4.69, 9.17) is 33.2 Å². The van der Waals surface area contributed by atoms with E-state index in [-0.39, 0.29) is 26.4 Å². The molecule has 0 fully saturated rings. The standard InChI is InChI=1S/C30H50O9/c1-25(2)9-7-11-27(5)13-15-33-17-21-36-29(31)38-23-19-35-20-24-39-30(32)37-22-18-34-16-14-28(6)12-8-10-26(3)4/h9-10,17-18,21-22,27-28H,7-8,11-16,19-20,23-24H2,1-6H3. The van der Waals surface area contributed by atoms with Crippen molar-refractivity contribution in [1.82, 2.24) is 0 Å². The van der Waals surface area contributed by atoms with E-state index in [0.717, 1.165) is 51.0 Å². The van der Waals surface area contributed by atoms with Crippen LogP contribution in [0.5, 0.6) is 0 Å². The fourth-order valence-corrected chi connectivity index (χ4v) is 3.06. The Labute approximate surface area is 235 Å². The molecule has 2 unspecified atom stereocenters. The van der Waals surface area contributed by atoms with Gasteiger partial charge in [0.15, 0.2) is 0 Å². The molecule has 0 aliphatic heterocycles. The third-order valence-corrected chi connectivity index (χ3v) is 5.41. The second kappa shape index (κ2) is 25.3. The van der Waals surface area contributed by atoms with Gasteiger partial charge in [-0.3, -0.25) is 0 Å². The predicted octanol–water partition coefficient (Wildman–Crippen LogP) is 7.83. The van der Waals surface area contributed by atoms with Crippen LogP contribution in [0.25, 0.3) is 0 Å². The van der Waals surface area contributed by atoms with Crippen LogP contribution in [0.15, 0.2) is 48.3 Å². The molecule has 0 aliphatic carbocycles. The summed E-state index contributed by atoms with van der Waals surface area (Å²) in [6.45, 7) is 14.1. The molecular weight excluding hydrogens is 504 g/mol. The van der Waals surface area contributed by atoms with E-state index in [1.807, 2.05) is 0 Å². The van der Waals surface area contributed by atoms with Crippen LogP contribution in [0.3, 0.4) is 0 Å². The molecule has 0 radical (unpaired) electrons. The zero-order chi connectivity index (χ0) is 29.1. The second-order valence-electron chi connectivity index (χ2n) is 9.84. The lowest BCUT2D eigenvalue weighted by atomic mass is 10.0. The Kier molecular flexibility index (Phi) is 23.4. The van der Waals surface area contributed by atoms with E-state index in [1.165, 1.54) is 23.7 Å². The molecule has 0 rings (SSSR count). The zero-order valence-corrected chi connectivity index (χ0v) is 24.8. The highest BCUT2D eigenvalue weighted by Gasteiger charge is 2.04. The second-order valence-corrected chi connectivity index (χ2v) is 9.84. The summed E-state index contributed by atoms with van der Waals surface area (Å²) in [6.07, 6.45) is 13.9. The maximum atomic E-state index is 11.5. The zero-order valence-electron chi connectivity index (χ0n) is 24.8. The van der Waals surface area contributed by atoms with Crippen LogP contribution in [0, 0.1) is 11.8 Å². The molecule has 0 saturated heterocycles.